The van der Waals surface area contributed by atoms with Crippen LogP contribution in [0.5, 0.6) is 0 Å². The van der Waals surface area contributed by atoms with Gasteiger partial charge in [-0.25, -0.2) is 0 Å². The third kappa shape index (κ3) is 3.33. The molecule has 1 fully saturated rings. The molecule has 4 heteroatoms. The summed E-state index contributed by atoms with van der Waals surface area (Å²) in [7, 11) is 1.80. The minimum atomic E-state index is -0.0641. The molecular weight excluding hydrogens is 218 g/mol. The van der Waals surface area contributed by atoms with Crippen molar-refractivity contribution in [3.8, 4) is 0 Å². The minimum absolute atomic E-state index is 0.0641. The Balaban J connectivity index is 1.76. The molecule has 0 spiro atoms. The van der Waals surface area contributed by atoms with E-state index in [0.717, 1.165) is 25.9 Å². The quantitative estimate of drug-likeness (QED) is 0.807. The topological polar surface area (TPSA) is 42.7 Å². The van der Waals surface area contributed by atoms with Gasteiger partial charge in [0.2, 0.25) is 0 Å². The molecule has 1 atom stereocenters. The Kier molecular flexibility index (Phi) is 4.20. The molecule has 4 nitrogen and oxygen atoms in total. The van der Waals surface area contributed by atoms with E-state index in [4.69, 9.17) is 9.15 Å². The number of ether oxygens (including phenoxy) is 1. The maximum Gasteiger partial charge on any atom is 0.289 e. The average molecular weight is 237 g/mol. The number of hydrogen-bond acceptors (Lipinski definition) is 3. The van der Waals surface area contributed by atoms with Crippen molar-refractivity contribution < 1.29 is 13.9 Å². The SMILES string of the molecule is CN(CCC1CCCCO1)C(=O)c1ccco1. The number of rotatable bonds is 4. The Morgan fingerprint density at radius 3 is 3.06 bits per heavy atom. The van der Waals surface area contributed by atoms with Crippen molar-refractivity contribution in [3.63, 3.8) is 0 Å². The lowest BCUT2D eigenvalue weighted by atomic mass is 10.1. The molecule has 0 aromatic carbocycles. The van der Waals surface area contributed by atoms with Crippen LogP contribution in [0.25, 0.3) is 0 Å². The summed E-state index contributed by atoms with van der Waals surface area (Å²) in [5.74, 6) is 0.336. The number of carbonyl (C=O) groups excluding carboxylic acids is 1. The summed E-state index contributed by atoms with van der Waals surface area (Å²) in [6.45, 7) is 1.57. The molecule has 1 aliphatic heterocycles. The van der Waals surface area contributed by atoms with E-state index < -0.39 is 0 Å². The van der Waals surface area contributed by atoms with E-state index in [1.165, 1.54) is 12.7 Å². The van der Waals surface area contributed by atoms with Crippen molar-refractivity contribution in [3.05, 3.63) is 24.2 Å². The van der Waals surface area contributed by atoms with Crippen LogP contribution in [0.15, 0.2) is 22.8 Å². The van der Waals surface area contributed by atoms with Gasteiger partial charge in [0, 0.05) is 20.2 Å². The van der Waals surface area contributed by atoms with Gasteiger partial charge in [-0.05, 0) is 37.8 Å². The Morgan fingerprint density at radius 1 is 1.53 bits per heavy atom. The van der Waals surface area contributed by atoms with E-state index in [2.05, 4.69) is 0 Å². The van der Waals surface area contributed by atoms with Gasteiger partial charge >= 0.3 is 0 Å². The number of furan rings is 1. The van der Waals surface area contributed by atoms with E-state index in [0.29, 0.717) is 18.4 Å². The lowest BCUT2D eigenvalue weighted by molar-refractivity contribution is 0.00691. The molecule has 0 N–H and O–H groups in total. The average Bonchev–Trinajstić information content (AvgIpc) is 2.90. The third-order valence-electron chi connectivity index (χ3n) is 3.14. The van der Waals surface area contributed by atoms with Gasteiger partial charge in [0.15, 0.2) is 5.76 Å². The molecule has 1 aromatic rings. The van der Waals surface area contributed by atoms with Gasteiger partial charge in [-0.3, -0.25) is 4.79 Å². The van der Waals surface area contributed by atoms with Crippen molar-refractivity contribution in [1.29, 1.82) is 0 Å². The highest BCUT2D eigenvalue weighted by Crippen LogP contribution is 2.16. The molecule has 0 aliphatic carbocycles. The third-order valence-corrected chi connectivity index (χ3v) is 3.14. The first-order valence-corrected chi connectivity index (χ1v) is 6.18. The number of carbonyl (C=O) groups is 1. The van der Waals surface area contributed by atoms with Crippen LogP contribution in [0.2, 0.25) is 0 Å². The van der Waals surface area contributed by atoms with Crippen molar-refractivity contribution in [1.82, 2.24) is 4.90 Å². The molecule has 2 heterocycles. The van der Waals surface area contributed by atoms with E-state index >= 15 is 0 Å². The van der Waals surface area contributed by atoms with Crippen molar-refractivity contribution in [2.24, 2.45) is 0 Å². The molecule has 1 unspecified atom stereocenters. The highest BCUT2D eigenvalue weighted by molar-refractivity contribution is 5.91. The van der Waals surface area contributed by atoms with Gasteiger partial charge in [-0.2, -0.15) is 0 Å². The molecule has 1 amide bonds. The standard InChI is InChI=1S/C13H19NO3/c1-14(13(15)12-6-4-10-17-12)8-7-11-5-2-3-9-16-11/h4,6,10-11H,2-3,5,7-9H2,1H3. The molecule has 1 aliphatic rings. The van der Waals surface area contributed by atoms with Crippen LogP contribution in [0.3, 0.4) is 0 Å². The van der Waals surface area contributed by atoms with Crippen LogP contribution in [0, 0.1) is 0 Å². The number of amides is 1. The van der Waals surface area contributed by atoms with E-state index in [1.54, 1.807) is 24.1 Å². The van der Waals surface area contributed by atoms with E-state index in [9.17, 15) is 4.79 Å². The first-order valence-electron chi connectivity index (χ1n) is 6.18. The first-order chi connectivity index (χ1) is 8.27. The van der Waals surface area contributed by atoms with Gasteiger partial charge in [0.05, 0.1) is 12.4 Å². The molecule has 0 radical (unpaired) electrons. The second-order valence-corrected chi connectivity index (χ2v) is 4.48. The van der Waals surface area contributed by atoms with Crippen molar-refractivity contribution in [2.75, 3.05) is 20.2 Å². The van der Waals surface area contributed by atoms with Gasteiger partial charge in [0.25, 0.3) is 5.91 Å². The second-order valence-electron chi connectivity index (χ2n) is 4.48. The summed E-state index contributed by atoms with van der Waals surface area (Å²) < 4.78 is 10.7. The fraction of sp³-hybridized carbons (Fsp3) is 0.615. The van der Waals surface area contributed by atoms with Crippen molar-refractivity contribution >= 4 is 5.91 Å². The maximum absolute atomic E-state index is 11.9. The zero-order valence-electron chi connectivity index (χ0n) is 10.2. The first kappa shape index (κ1) is 12.2. The monoisotopic (exact) mass is 237 g/mol. The normalized spacial score (nSPS) is 20.2. The van der Waals surface area contributed by atoms with Crippen LogP contribution in [0.4, 0.5) is 0 Å². The number of hydrogen-bond donors (Lipinski definition) is 0. The molecule has 0 saturated carbocycles. The summed E-state index contributed by atoms with van der Waals surface area (Å²) in [6.07, 6.45) is 6.26. The van der Waals surface area contributed by atoms with E-state index in [-0.39, 0.29) is 5.91 Å². The van der Waals surface area contributed by atoms with Crippen LogP contribution in [0.1, 0.15) is 36.2 Å². The van der Waals surface area contributed by atoms with E-state index in [1.807, 2.05) is 0 Å². The highest BCUT2D eigenvalue weighted by atomic mass is 16.5. The lowest BCUT2D eigenvalue weighted by Crippen LogP contribution is -2.31. The van der Waals surface area contributed by atoms with Gasteiger partial charge in [-0.1, -0.05) is 0 Å². The predicted octanol–water partition coefficient (Wildman–Crippen LogP) is 2.31. The van der Waals surface area contributed by atoms with Crippen LogP contribution >= 0.6 is 0 Å². The van der Waals surface area contributed by atoms with Crippen LogP contribution < -0.4 is 0 Å². The molecule has 94 valence electrons. The zero-order chi connectivity index (χ0) is 12.1. The Hall–Kier alpha value is -1.29. The Morgan fingerprint density at radius 2 is 2.41 bits per heavy atom. The van der Waals surface area contributed by atoms with Gasteiger partial charge < -0.3 is 14.1 Å². The Bertz CT molecular complexity index is 342. The van der Waals surface area contributed by atoms with Gasteiger partial charge in [0.1, 0.15) is 0 Å². The fourth-order valence-corrected chi connectivity index (χ4v) is 2.06. The Labute approximate surface area is 102 Å². The largest absolute Gasteiger partial charge is 0.459 e. The second kappa shape index (κ2) is 5.87. The zero-order valence-corrected chi connectivity index (χ0v) is 10.2. The molecule has 17 heavy (non-hydrogen) atoms. The minimum Gasteiger partial charge on any atom is -0.459 e. The predicted molar refractivity (Wildman–Crippen MR) is 63.9 cm³/mol. The highest BCUT2D eigenvalue weighted by Gasteiger charge is 2.18. The lowest BCUT2D eigenvalue weighted by Gasteiger charge is -2.24. The summed E-state index contributed by atoms with van der Waals surface area (Å²) in [4.78, 5) is 13.6. The molecule has 1 saturated heterocycles. The summed E-state index contributed by atoms with van der Waals surface area (Å²) in [6, 6.07) is 3.42. The van der Waals surface area contributed by atoms with Gasteiger partial charge in [-0.15, -0.1) is 0 Å². The molecule has 0 bridgehead atoms. The van der Waals surface area contributed by atoms with Crippen LogP contribution in [-0.4, -0.2) is 37.1 Å². The maximum atomic E-state index is 11.9. The molecule has 1 aromatic heterocycles. The van der Waals surface area contributed by atoms with Crippen molar-refractivity contribution in [2.45, 2.75) is 31.8 Å². The summed E-state index contributed by atoms with van der Waals surface area (Å²) in [5, 5.41) is 0. The summed E-state index contributed by atoms with van der Waals surface area (Å²) >= 11 is 0. The fourth-order valence-electron chi connectivity index (χ4n) is 2.06. The summed E-state index contributed by atoms with van der Waals surface area (Å²) in [5.41, 5.74) is 0. The number of nitrogens with zero attached hydrogens (tertiary/aromatic N) is 1. The smallest absolute Gasteiger partial charge is 0.289 e. The van der Waals surface area contributed by atoms with Crippen LogP contribution in [-0.2, 0) is 4.74 Å². The molecular formula is C13H19NO3. The molecule has 2 rings (SSSR count).